The lowest BCUT2D eigenvalue weighted by molar-refractivity contribution is -0.116. The van der Waals surface area contributed by atoms with E-state index in [0.717, 1.165) is 19.4 Å². The lowest BCUT2D eigenvalue weighted by atomic mass is 10.2. The summed E-state index contributed by atoms with van der Waals surface area (Å²) in [5, 5.41) is 0. The molecule has 10 heavy (non-hydrogen) atoms. The zero-order valence-electron chi connectivity index (χ0n) is 6.23. The second-order valence-corrected chi connectivity index (χ2v) is 2.39. The third kappa shape index (κ3) is 6.05. The molecule has 0 radical (unpaired) electrons. The fourth-order valence-corrected chi connectivity index (χ4v) is 0.769. The van der Waals surface area contributed by atoms with Crippen molar-refractivity contribution in [1.29, 1.82) is 0 Å². The Bertz CT molecular complexity index is 93.6. The van der Waals surface area contributed by atoms with E-state index in [-0.39, 0.29) is 11.7 Å². The van der Waals surface area contributed by atoms with Crippen molar-refractivity contribution < 1.29 is 9.53 Å². The molecule has 0 fully saturated rings. The van der Waals surface area contributed by atoms with Crippen LogP contribution in [0.5, 0.6) is 0 Å². The van der Waals surface area contributed by atoms with Crippen LogP contribution in [0.25, 0.3) is 0 Å². The highest BCUT2D eigenvalue weighted by Crippen LogP contribution is 1.97. The third-order valence-corrected chi connectivity index (χ3v) is 1.50. The van der Waals surface area contributed by atoms with E-state index in [2.05, 4.69) is 0 Å². The Morgan fingerprint density at radius 3 is 2.70 bits per heavy atom. The van der Waals surface area contributed by atoms with Gasteiger partial charge in [0, 0.05) is 20.1 Å². The van der Waals surface area contributed by atoms with Crippen LogP contribution in [0.4, 0.5) is 0 Å². The Morgan fingerprint density at radius 2 is 2.20 bits per heavy atom. The lowest BCUT2D eigenvalue weighted by Crippen LogP contribution is -1.99. The molecule has 0 N–H and O–H groups in total. The highest BCUT2D eigenvalue weighted by Gasteiger charge is 1.97. The van der Waals surface area contributed by atoms with Crippen LogP contribution in [0.15, 0.2) is 0 Å². The van der Waals surface area contributed by atoms with E-state index >= 15 is 0 Å². The summed E-state index contributed by atoms with van der Waals surface area (Å²) in [6.07, 6.45) is 2.42. The van der Waals surface area contributed by atoms with Gasteiger partial charge in [-0.2, -0.15) is 0 Å². The van der Waals surface area contributed by atoms with Gasteiger partial charge < -0.3 is 4.74 Å². The molecule has 0 rings (SSSR count). The lowest BCUT2D eigenvalue weighted by Gasteiger charge is -1.96. The molecule has 0 bridgehead atoms. The molecule has 0 heterocycles. The minimum Gasteiger partial charge on any atom is -0.385 e. The van der Waals surface area contributed by atoms with Crippen LogP contribution >= 0.6 is 11.6 Å². The fourth-order valence-electron chi connectivity index (χ4n) is 0.635. The number of alkyl halides is 1. The normalized spacial score (nSPS) is 9.80. The molecular formula is C7H13ClO2. The van der Waals surface area contributed by atoms with Crippen molar-refractivity contribution in [3.63, 3.8) is 0 Å². The van der Waals surface area contributed by atoms with E-state index in [1.54, 1.807) is 7.11 Å². The van der Waals surface area contributed by atoms with Crippen LogP contribution < -0.4 is 0 Å². The van der Waals surface area contributed by atoms with Crippen molar-refractivity contribution >= 4 is 17.4 Å². The molecule has 3 heteroatoms. The van der Waals surface area contributed by atoms with Crippen molar-refractivity contribution in [3.05, 3.63) is 0 Å². The molecule has 0 atom stereocenters. The molecule has 0 aliphatic heterocycles. The Labute approximate surface area is 66.5 Å². The molecule has 0 amide bonds. The average Bonchev–Trinajstić information content (AvgIpc) is 1.98. The molecule has 2 nitrogen and oxygen atoms in total. The van der Waals surface area contributed by atoms with Crippen LogP contribution in [-0.4, -0.2) is 25.4 Å². The Hall–Kier alpha value is -0.0800. The molecule has 0 aromatic heterocycles. The Balaban J connectivity index is 2.96. The second kappa shape index (κ2) is 7.03. The van der Waals surface area contributed by atoms with Crippen LogP contribution in [0.3, 0.4) is 0 Å². The van der Waals surface area contributed by atoms with Crippen molar-refractivity contribution in [2.75, 3.05) is 19.6 Å². The van der Waals surface area contributed by atoms with Gasteiger partial charge in [0.1, 0.15) is 5.78 Å². The zero-order chi connectivity index (χ0) is 7.82. The van der Waals surface area contributed by atoms with E-state index in [1.807, 2.05) is 0 Å². The van der Waals surface area contributed by atoms with Gasteiger partial charge in [0.05, 0.1) is 5.88 Å². The molecule has 0 aliphatic carbocycles. The highest BCUT2D eigenvalue weighted by atomic mass is 35.5. The maximum atomic E-state index is 10.6. The standard InChI is InChI=1S/C7H13ClO2/c1-10-5-3-2-4-7(9)6-8/h2-6H2,1H3. The van der Waals surface area contributed by atoms with E-state index in [0.29, 0.717) is 6.42 Å². The van der Waals surface area contributed by atoms with Gasteiger partial charge in [-0.25, -0.2) is 0 Å². The number of unbranched alkanes of at least 4 members (excludes halogenated alkanes) is 1. The average molecular weight is 165 g/mol. The summed E-state index contributed by atoms with van der Waals surface area (Å²) in [5.41, 5.74) is 0. The van der Waals surface area contributed by atoms with Crippen molar-refractivity contribution in [2.24, 2.45) is 0 Å². The molecule has 0 aromatic carbocycles. The number of hydrogen-bond acceptors (Lipinski definition) is 2. The van der Waals surface area contributed by atoms with Crippen molar-refractivity contribution in [2.45, 2.75) is 19.3 Å². The monoisotopic (exact) mass is 164 g/mol. The van der Waals surface area contributed by atoms with Gasteiger partial charge in [-0.3, -0.25) is 4.79 Å². The number of methoxy groups -OCH3 is 1. The maximum absolute atomic E-state index is 10.6. The molecule has 0 saturated carbocycles. The van der Waals surface area contributed by atoms with Gasteiger partial charge in [0.2, 0.25) is 0 Å². The molecule has 0 spiro atoms. The fraction of sp³-hybridized carbons (Fsp3) is 0.857. The topological polar surface area (TPSA) is 26.3 Å². The largest absolute Gasteiger partial charge is 0.385 e. The predicted octanol–water partition coefficient (Wildman–Crippen LogP) is 1.61. The summed E-state index contributed by atoms with van der Waals surface area (Å²) in [4.78, 5) is 10.6. The maximum Gasteiger partial charge on any atom is 0.147 e. The number of ketones is 1. The summed E-state index contributed by atoms with van der Waals surface area (Å²) in [6.45, 7) is 0.732. The number of halogens is 1. The Kier molecular flexibility index (Phi) is 6.98. The molecule has 0 aliphatic rings. The van der Waals surface area contributed by atoms with Crippen molar-refractivity contribution in [1.82, 2.24) is 0 Å². The van der Waals surface area contributed by atoms with Crippen LogP contribution in [-0.2, 0) is 9.53 Å². The summed E-state index contributed by atoms with van der Waals surface area (Å²) in [6, 6.07) is 0. The van der Waals surface area contributed by atoms with E-state index in [1.165, 1.54) is 0 Å². The number of rotatable bonds is 6. The van der Waals surface area contributed by atoms with E-state index in [4.69, 9.17) is 16.3 Å². The first-order chi connectivity index (χ1) is 4.81. The van der Waals surface area contributed by atoms with Crippen LogP contribution in [0.1, 0.15) is 19.3 Å². The Morgan fingerprint density at radius 1 is 1.50 bits per heavy atom. The predicted molar refractivity (Wildman–Crippen MR) is 41.5 cm³/mol. The summed E-state index contributed by atoms with van der Waals surface area (Å²) < 4.78 is 4.81. The zero-order valence-corrected chi connectivity index (χ0v) is 6.99. The highest BCUT2D eigenvalue weighted by molar-refractivity contribution is 6.27. The molecule has 0 unspecified atom stereocenters. The van der Waals surface area contributed by atoms with Gasteiger partial charge in [-0.05, 0) is 12.8 Å². The van der Waals surface area contributed by atoms with Gasteiger partial charge in [-0.15, -0.1) is 11.6 Å². The second-order valence-electron chi connectivity index (χ2n) is 2.12. The van der Waals surface area contributed by atoms with E-state index in [9.17, 15) is 4.79 Å². The smallest absolute Gasteiger partial charge is 0.147 e. The molecular weight excluding hydrogens is 152 g/mol. The van der Waals surface area contributed by atoms with Crippen LogP contribution in [0.2, 0.25) is 0 Å². The SMILES string of the molecule is COCCCCC(=O)CCl. The minimum absolute atomic E-state index is 0.123. The van der Waals surface area contributed by atoms with Gasteiger partial charge in [0.15, 0.2) is 0 Å². The van der Waals surface area contributed by atoms with Crippen LogP contribution in [0, 0.1) is 0 Å². The number of hydrogen-bond donors (Lipinski definition) is 0. The third-order valence-electron chi connectivity index (χ3n) is 1.20. The summed E-state index contributed by atoms with van der Waals surface area (Å²) >= 11 is 5.28. The van der Waals surface area contributed by atoms with Gasteiger partial charge in [-0.1, -0.05) is 0 Å². The van der Waals surface area contributed by atoms with Gasteiger partial charge in [0.25, 0.3) is 0 Å². The first-order valence-corrected chi connectivity index (χ1v) is 3.91. The van der Waals surface area contributed by atoms with E-state index < -0.39 is 0 Å². The molecule has 0 aromatic rings. The number of Topliss-reactive ketones (excluding diaryl/α,β-unsaturated/α-hetero) is 1. The molecule has 0 saturated heterocycles. The summed E-state index contributed by atoms with van der Waals surface area (Å²) in [7, 11) is 1.66. The minimum atomic E-state index is 0.123. The number of ether oxygens (including phenoxy) is 1. The number of carbonyl (C=O) groups excluding carboxylic acids is 1. The molecule has 60 valence electrons. The van der Waals surface area contributed by atoms with Crippen molar-refractivity contribution in [3.8, 4) is 0 Å². The summed E-state index contributed by atoms with van der Waals surface area (Å²) in [5.74, 6) is 0.269. The quantitative estimate of drug-likeness (QED) is 0.441. The van der Waals surface area contributed by atoms with Gasteiger partial charge >= 0.3 is 0 Å². The first kappa shape index (κ1) is 9.92. The first-order valence-electron chi connectivity index (χ1n) is 3.38. The number of carbonyl (C=O) groups is 1.